The highest BCUT2D eigenvalue weighted by atomic mass is 16.6. The number of likely N-dealkylation sites (tertiary alicyclic amines) is 1. The summed E-state index contributed by atoms with van der Waals surface area (Å²) in [6.07, 6.45) is 0.660. The summed E-state index contributed by atoms with van der Waals surface area (Å²) in [5, 5.41) is 9.53. The van der Waals surface area contributed by atoms with E-state index in [1.807, 2.05) is 0 Å². The van der Waals surface area contributed by atoms with Gasteiger partial charge < -0.3 is 14.6 Å². The Kier molecular flexibility index (Phi) is 3.47. The normalized spacial score (nSPS) is 31.5. The van der Waals surface area contributed by atoms with E-state index in [-0.39, 0.29) is 6.42 Å². The van der Waals surface area contributed by atoms with E-state index in [2.05, 4.69) is 0 Å². The van der Waals surface area contributed by atoms with Gasteiger partial charge in [-0.2, -0.15) is 0 Å². The van der Waals surface area contributed by atoms with E-state index in [4.69, 9.17) is 9.47 Å². The van der Waals surface area contributed by atoms with Crippen molar-refractivity contribution < 1.29 is 24.2 Å². The minimum atomic E-state index is -1.13. The highest BCUT2D eigenvalue weighted by Gasteiger charge is 2.56. The van der Waals surface area contributed by atoms with Crippen LogP contribution < -0.4 is 0 Å². The van der Waals surface area contributed by atoms with Gasteiger partial charge in [0.2, 0.25) is 6.29 Å². The third kappa shape index (κ3) is 2.68. The first-order chi connectivity index (χ1) is 8.74. The average molecular weight is 271 g/mol. The Hall–Kier alpha value is -1.30. The molecule has 0 aromatic rings. The number of carbonyl (C=O) groups excluding carboxylic acids is 2. The van der Waals surface area contributed by atoms with Gasteiger partial charge in [-0.05, 0) is 40.0 Å². The lowest BCUT2D eigenvalue weighted by atomic mass is 9.85. The molecule has 0 saturated carbocycles. The largest absolute Gasteiger partial charge is 0.444 e. The zero-order valence-corrected chi connectivity index (χ0v) is 11.6. The first-order valence-corrected chi connectivity index (χ1v) is 6.64. The Bertz CT molecular complexity index is 389. The van der Waals surface area contributed by atoms with Crippen LogP contribution in [-0.2, 0) is 14.3 Å². The van der Waals surface area contributed by atoms with Crippen LogP contribution in [0.3, 0.4) is 0 Å². The summed E-state index contributed by atoms with van der Waals surface area (Å²) >= 11 is 0. The number of esters is 1. The van der Waals surface area contributed by atoms with Gasteiger partial charge in [0.25, 0.3) is 0 Å². The molecule has 0 bridgehead atoms. The second-order valence-electron chi connectivity index (χ2n) is 6.18. The molecule has 2 aliphatic heterocycles. The van der Waals surface area contributed by atoms with Crippen LogP contribution in [0.1, 0.15) is 46.5 Å². The van der Waals surface area contributed by atoms with E-state index in [1.165, 1.54) is 4.90 Å². The highest BCUT2D eigenvalue weighted by molar-refractivity contribution is 5.87. The summed E-state index contributed by atoms with van der Waals surface area (Å²) < 4.78 is 10.2. The molecule has 19 heavy (non-hydrogen) atoms. The molecule has 1 amide bonds. The van der Waals surface area contributed by atoms with Crippen molar-refractivity contribution >= 4 is 12.1 Å². The molecule has 108 valence electrons. The van der Waals surface area contributed by atoms with Crippen molar-refractivity contribution in [1.82, 2.24) is 4.90 Å². The lowest BCUT2D eigenvalue weighted by Crippen LogP contribution is -2.58. The van der Waals surface area contributed by atoms with Crippen LogP contribution in [0.15, 0.2) is 0 Å². The fraction of sp³-hybridized carbons (Fsp3) is 0.846. The fourth-order valence-electron chi connectivity index (χ4n) is 2.69. The molecule has 2 aliphatic rings. The number of hydrogen-bond acceptors (Lipinski definition) is 5. The molecular formula is C13H21NO5. The fourth-order valence-corrected chi connectivity index (χ4v) is 2.69. The van der Waals surface area contributed by atoms with Gasteiger partial charge in [0.15, 0.2) is 0 Å². The Morgan fingerprint density at radius 2 is 2.16 bits per heavy atom. The number of rotatable bonds is 0. The number of piperidine rings is 1. The van der Waals surface area contributed by atoms with Gasteiger partial charge in [-0.3, -0.25) is 4.90 Å². The van der Waals surface area contributed by atoms with Crippen molar-refractivity contribution in [3.8, 4) is 0 Å². The molecule has 1 N–H and O–H groups in total. The van der Waals surface area contributed by atoms with E-state index in [1.54, 1.807) is 20.8 Å². The summed E-state index contributed by atoms with van der Waals surface area (Å²) in [5.41, 5.74) is -1.66. The molecule has 2 rings (SSSR count). The molecule has 2 heterocycles. The van der Waals surface area contributed by atoms with Gasteiger partial charge in [0, 0.05) is 13.0 Å². The summed E-state index contributed by atoms with van der Waals surface area (Å²) in [7, 11) is 0. The van der Waals surface area contributed by atoms with E-state index < -0.39 is 29.5 Å². The highest BCUT2D eigenvalue weighted by Crippen LogP contribution is 2.39. The molecule has 0 aliphatic carbocycles. The van der Waals surface area contributed by atoms with Crippen LogP contribution in [0.2, 0.25) is 0 Å². The predicted molar refractivity (Wildman–Crippen MR) is 66.2 cm³/mol. The van der Waals surface area contributed by atoms with Crippen molar-refractivity contribution in [2.45, 2.75) is 63.9 Å². The van der Waals surface area contributed by atoms with Crippen molar-refractivity contribution in [2.24, 2.45) is 0 Å². The van der Waals surface area contributed by atoms with E-state index >= 15 is 0 Å². The molecular weight excluding hydrogens is 250 g/mol. The van der Waals surface area contributed by atoms with E-state index in [9.17, 15) is 14.7 Å². The number of amides is 1. The SMILES string of the molecule is CC(C)(C)OC(=O)N1CCCC[C@]12C[C@H](O)OC2=O. The molecule has 0 radical (unpaired) electrons. The van der Waals surface area contributed by atoms with E-state index in [0.29, 0.717) is 13.0 Å². The molecule has 2 atom stereocenters. The third-order valence-electron chi connectivity index (χ3n) is 3.49. The summed E-state index contributed by atoms with van der Waals surface area (Å²) in [5.74, 6) is -0.523. The zero-order valence-electron chi connectivity index (χ0n) is 11.6. The number of aliphatic hydroxyl groups is 1. The van der Waals surface area contributed by atoms with Gasteiger partial charge in [-0.25, -0.2) is 9.59 Å². The monoisotopic (exact) mass is 271 g/mol. The maximum absolute atomic E-state index is 12.2. The van der Waals surface area contributed by atoms with Crippen LogP contribution in [0, 0.1) is 0 Å². The van der Waals surface area contributed by atoms with E-state index in [0.717, 1.165) is 12.8 Å². The Morgan fingerprint density at radius 1 is 1.47 bits per heavy atom. The van der Waals surface area contributed by atoms with Crippen molar-refractivity contribution in [1.29, 1.82) is 0 Å². The first-order valence-electron chi connectivity index (χ1n) is 6.64. The van der Waals surface area contributed by atoms with Crippen molar-refractivity contribution in [3.05, 3.63) is 0 Å². The second-order valence-corrected chi connectivity index (χ2v) is 6.18. The standard InChI is InChI=1S/C13H21NO5/c1-12(2,3)19-11(17)14-7-5-4-6-13(14)8-9(15)18-10(13)16/h9,15H,4-8H2,1-3H3/t9-,13-/m1/s1. The van der Waals surface area contributed by atoms with Gasteiger partial charge in [-0.1, -0.05) is 0 Å². The minimum Gasteiger partial charge on any atom is -0.444 e. The van der Waals surface area contributed by atoms with Crippen LogP contribution >= 0.6 is 0 Å². The number of hydrogen-bond donors (Lipinski definition) is 1. The van der Waals surface area contributed by atoms with Crippen LogP contribution in [0.4, 0.5) is 4.79 Å². The second kappa shape index (κ2) is 4.67. The Morgan fingerprint density at radius 3 is 2.68 bits per heavy atom. The molecule has 2 saturated heterocycles. The maximum atomic E-state index is 12.2. The smallest absolute Gasteiger partial charge is 0.411 e. The molecule has 0 aromatic carbocycles. The van der Waals surface area contributed by atoms with Crippen LogP contribution in [0.5, 0.6) is 0 Å². The quantitative estimate of drug-likeness (QED) is 0.674. The molecule has 6 nitrogen and oxygen atoms in total. The molecule has 6 heteroatoms. The van der Waals surface area contributed by atoms with Crippen molar-refractivity contribution in [3.63, 3.8) is 0 Å². The lowest BCUT2D eigenvalue weighted by Gasteiger charge is -2.41. The van der Waals surface area contributed by atoms with Gasteiger partial charge in [0.1, 0.15) is 11.1 Å². The summed E-state index contributed by atoms with van der Waals surface area (Å²) in [6, 6.07) is 0. The third-order valence-corrected chi connectivity index (χ3v) is 3.49. The molecule has 2 fully saturated rings. The average Bonchev–Trinajstić information content (AvgIpc) is 2.52. The van der Waals surface area contributed by atoms with Crippen LogP contribution in [0.25, 0.3) is 0 Å². The van der Waals surface area contributed by atoms with Crippen LogP contribution in [-0.4, -0.2) is 46.0 Å². The molecule has 0 aromatic heterocycles. The number of cyclic esters (lactones) is 1. The number of carbonyl (C=O) groups is 2. The number of aliphatic hydroxyl groups excluding tert-OH is 1. The minimum absolute atomic E-state index is 0.130. The number of nitrogens with zero attached hydrogens (tertiary/aromatic N) is 1. The van der Waals surface area contributed by atoms with Gasteiger partial charge in [-0.15, -0.1) is 0 Å². The Balaban J connectivity index is 2.21. The summed E-state index contributed by atoms with van der Waals surface area (Å²) in [6.45, 7) is 5.80. The molecule has 0 unspecified atom stereocenters. The molecule has 1 spiro atoms. The van der Waals surface area contributed by atoms with Gasteiger partial charge >= 0.3 is 12.1 Å². The van der Waals surface area contributed by atoms with Crippen molar-refractivity contribution in [2.75, 3.05) is 6.54 Å². The first kappa shape index (κ1) is 14.1. The summed E-state index contributed by atoms with van der Waals surface area (Å²) in [4.78, 5) is 25.7. The lowest BCUT2D eigenvalue weighted by molar-refractivity contribution is -0.160. The zero-order chi connectivity index (χ0) is 14.3. The Labute approximate surface area is 112 Å². The number of ether oxygens (including phenoxy) is 2. The predicted octanol–water partition coefficient (Wildman–Crippen LogP) is 1.41. The topological polar surface area (TPSA) is 76.1 Å². The van der Waals surface area contributed by atoms with Gasteiger partial charge in [0.05, 0.1) is 0 Å². The maximum Gasteiger partial charge on any atom is 0.411 e.